The van der Waals surface area contributed by atoms with Gasteiger partial charge in [0.05, 0.1) is 30.4 Å². The number of amides is 2. The normalized spacial score (nSPS) is 21.0. The molecule has 35 heavy (non-hydrogen) atoms. The van der Waals surface area contributed by atoms with E-state index in [0.29, 0.717) is 12.0 Å². The lowest BCUT2D eigenvalue weighted by Crippen LogP contribution is -2.50. The smallest absolute Gasteiger partial charge is 0.254 e. The molecule has 4 rings (SSSR count). The van der Waals surface area contributed by atoms with Crippen molar-refractivity contribution in [3.8, 4) is 0 Å². The number of aliphatic hydroxyl groups is 1. The summed E-state index contributed by atoms with van der Waals surface area (Å²) in [6.45, 7) is 4.47. The number of rotatable bonds is 7. The highest BCUT2D eigenvalue weighted by Gasteiger charge is 2.42. The van der Waals surface area contributed by atoms with Crippen molar-refractivity contribution >= 4 is 23.4 Å². The average Bonchev–Trinajstić information content (AvgIpc) is 3.17. The molecule has 2 amide bonds. The third-order valence-electron chi connectivity index (χ3n) is 6.67. The Morgan fingerprint density at radius 1 is 1.23 bits per heavy atom. The van der Waals surface area contributed by atoms with E-state index in [2.05, 4.69) is 5.32 Å². The third kappa shape index (κ3) is 5.34. The highest BCUT2D eigenvalue weighted by atomic mass is 35.5. The second kappa shape index (κ2) is 10.6. The summed E-state index contributed by atoms with van der Waals surface area (Å²) in [4.78, 5) is 28.3. The van der Waals surface area contributed by atoms with Crippen LogP contribution in [-0.2, 0) is 16.0 Å². The lowest BCUT2D eigenvalue weighted by Gasteiger charge is -2.36. The molecule has 3 atom stereocenters. The molecule has 2 aliphatic heterocycles. The number of carbonyl (C=O) groups excluding carboxylic acids is 2. The second-order valence-electron chi connectivity index (χ2n) is 9.35. The van der Waals surface area contributed by atoms with Gasteiger partial charge >= 0.3 is 0 Å². The molecule has 0 spiro atoms. The predicted octanol–water partition coefficient (Wildman–Crippen LogP) is 3.96. The first-order valence-corrected chi connectivity index (χ1v) is 12.2. The Bertz CT molecular complexity index is 1120. The molecule has 0 saturated carbocycles. The first-order valence-electron chi connectivity index (χ1n) is 11.8. The Labute approximate surface area is 208 Å². The number of halogens is 3. The maximum Gasteiger partial charge on any atom is 0.254 e. The van der Waals surface area contributed by atoms with Crippen LogP contribution in [0.25, 0.3) is 0 Å². The van der Waals surface area contributed by atoms with Gasteiger partial charge in [-0.05, 0) is 37.1 Å². The van der Waals surface area contributed by atoms with Crippen LogP contribution in [0.5, 0.6) is 0 Å². The molecule has 0 bridgehead atoms. The number of aliphatic hydroxyl groups excluding tert-OH is 1. The van der Waals surface area contributed by atoms with Crippen LogP contribution >= 0.6 is 11.6 Å². The van der Waals surface area contributed by atoms with Crippen LogP contribution in [0.2, 0.25) is 5.02 Å². The van der Waals surface area contributed by atoms with E-state index in [0.717, 1.165) is 29.7 Å². The Morgan fingerprint density at radius 2 is 1.97 bits per heavy atom. The van der Waals surface area contributed by atoms with Crippen molar-refractivity contribution in [2.45, 2.75) is 51.3 Å². The Hall–Kier alpha value is -2.55. The summed E-state index contributed by atoms with van der Waals surface area (Å²) in [5.41, 5.74) is 2.27. The first kappa shape index (κ1) is 25.5. The number of hydrogen-bond donors (Lipinski definition) is 2. The van der Waals surface area contributed by atoms with E-state index in [-0.39, 0.29) is 48.6 Å². The predicted molar refractivity (Wildman–Crippen MR) is 127 cm³/mol. The second-order valence-corrected chi connectivity index (χ2v) is 9.75. The minimum atomic E-state index is -0.948. The van der Waals surface area contributed by atoms with Crippen LogP contribution in [0.1, 0.15) is 52.9 Å². The molecule has 6 nitrogen and oxygen atoms in total. The van der Waals surface area contributed by atoms with Crippen LogP contribution < -0.4 is 5.32 Å². The first-order chi connectivity index (χ1) is 16.7. The Balaban J connectivity index is 1.61. The van der Waals surface area contributed by atoms with E-state index in [1.807, 2.05) is 26.0 Å². The number of aryl methyl sites for hydroxylation is 2. The summed E-state index contributed by atoms with van der Waals surface area (Å²) in [5, 5.41) is 12.8. The molecule has 2 aromatic carbocycles. The molecule has 2 aliphatic rings. The minimum Gasteiger partial charge on any atom is -0.391 e. The summed E-state index contributed by atoms with van der Waals surface area (Å²) >= 11 is 5.70. The molecular formula is C26H29ClF2N2O4. The molecule has 9 heteroatoms. The molecule has 2 N–H and O–H groups in total. The number of β-amino-alcohol motifs (C(OH)–C–C–N with tert-alkyl or cyclic N) is 1. The standard InChI is InChI=1S/C26H29ClF2N2O4/c1-3-4-15-6-5-14(2)7-18(15)26(34)31-11-17(32)8-23(31)25(33)30-24(16-12-35-13-16)19-9-22(29)20(27)10-21(19)28/h5-7,9-10,16-17,23-24,32H,3-4,8,11-13H2,1-2H3,(H,30,33)/t17-,23+,24+/m0/s1. The van der Waals surface area contributed by atoms with Crippen LogP contribution in [0.15, 0.2) is 30.3 Å². The SMILES string of the molecule is CCCc1ccc(C)cc1C(=O)N1C[C@@H](O)C[C@@H]1C(=O)N[C@@H](c1cc(F)c(Cl)cc1F)C1COC1. The fraction of sp³-hybridized carbons (Fsp3) is 0.462. The van der Waals surface area contributed by atoms with Crippen molar-refractivity contribution in [3.63, 3.8) is 0 Å². The fourth-order valence-corrected chi connectivity index (χ4v) is 4.89. The summed E-state index contributed by atoms with van der Waals surface area (Å²) in [6, 6.07) is 5.70. The monoisotopic (exact) mass is 506 g/mol. The molecule has 0 aliphatic carbocycles. The largest absolute Gasteiger partial charge is 0.391 e. The van der Waals surface area contributed by atoms with Gasteiger partial charge in [0.15, 0.2) is 0 Å². The number of nitrogens with zero attached hydrogens (tertiary/aromatic N) is 1. The van der Waals surface area contributed by atoms with Gasteiger partial charge in [0.1, 0.15) is 17.7 Å². The molecule has 0 aromatic heterocycles. The van der Waals surface area contributed by atoms with Gasteiger partial charge < -0.3 is 20.1 Å². The lowest BCUT2D eigenvalue weighted by molar-refractivity contribution is -0.128. The maximum atomic E-state index is 14.7. The summed E-state index contributed by atoms with van der Waals surface area (Å²) in [5.74, 6) is -2.67. The van der Waals surface area contributed by atoms with Crippen molar-refractivity contribution < 1.29 is 28.2 Å². The van der Waals surface area contributed by atoms with Gasteiger partial charge in [-0.1, -0.05) is 42.6 Å². The molecule has 0 unspecified atom stereocenters. The number of carbonyl (C=O) groups is 2. The Morgan fingerprint density at radius 3 is 2.63 bits per heavy atom. The zero-order valence-electron chi connectivity index (χ0n) is 19.7. The van der Waals surface area contributed by atoms with Crippen molar-refractivity contribution in [2.75, 3.05) is 19.8 Å². The topological polar surface area (TPSA) is 78.9 Å². The van der Waals surface area contributed by atoms with E-state index in [4.69, 9.17) is 16.3 Å². The van der Waals surface area contributed by atoms with Gasteiger partial charge in [-0.15, -0.1) is 0 Å². The van der Waals surface area contributed by atoms with Crippen molar-refractivity contribution in [3.05, 3.63) is 69.2 Å². The Kier molecular flexibility index (Phi) is 7.73. The van der Waals surface area contributed by atoms with Gasteiger partial charge in [-0.2, -0.15) is 0 Å². The summed E-state index contributed by atoms with van der Waals surface area (Å²) < 4.78 is 34.1. The van der Waals surface area contributed by atoms with Crippen molar-refractivity contribution in [1.29, 1.82) is 0 Å². The zero-order chi connectivity index (χ0) is 25.3. The van der Waals surface area contributed by atoms with Crippen LogP contribution in [0.3, 0.4) is 0 Å². The highest BCUT2D eigenvalue weighted by molar-refractivity contribution is 6.30. The van der Waals surface area contributed by atoms with Gasteiger partial charge in [0.2, 0.25) is 5.91 Å². The summed E-state index contributed by atoms with van der Waals surface area (Å²) in [6.07, 6.45) is 0.742. The van der Waals surface area contributed by atoms with E-state index in [1.54, 1.807) is 6.07 Å². The van der Waals surface area contributed by atoms with Crippen LogP contribution in [0, 0.1) is 24.5 Å². The van der Waals surface area contributed by atoms with Crippen LogP contribution in [0.4, 0.5) is 8.78 Å². The number of likely N-dealkylation sites (tertiary alicyclic amines) is 1. The van der Waals surface area contributed by atoms with Crippen molar-refractivity contribution in [2.24, 2.45) is 5.92 Å². The number of benzene rings is 2. The fourth-order valence-electron chi connectivity index (χ4n) is 4.74. The number of hydrogen-bond acceptors (Lipinski definition) is 4. The van der Waals surface area contributed by atoms with Crippen molar-refractivity contribution in [1.82, 2.24) is 10.2 Å². The summed E-state index contributed by atoms with van der Waals surface area (Å²) in [7, 11) is 0. The average molecular weight is 507 g/mol. The molecule has 2 aromatic rings. The maximum absolute atomic E-state index is 14.7. The third-order valence-corrected chi connectivity index (χ3v) is 6.95. The molecular weight excluding hydrogens is 478 g/mol. The van der Waals surface area contributed by atoms with Crippen LogP contribution in [-0.4, -0.2) is 53.7 Å². The minimum absolute atomic E-state index is 0.0115. The highest BCUT2D eigenvalue weighted by Crippen LogP contribution is 2.33. The quantitative estimate of drug-likeness (QED) is 0.557. The molecule has 2 saturated heterocycles. The van der Waals surface area contributed by atoms with E-state index in [1.165, 1.54) is 4.90 Å². The number of ether oxygens (including phenoxy) is 1. The lowest BCUT2D eigenvalue weighted by atomic mass is 9.90. The van der Waals surface area contributed by atoms with Gasteiger partial charge in [0, 0.05) is 30.0 Å². The molecule has 188 valence electrons. The van der Waals surface area contributed by atoms with E-state index < -0.39 is 35.7 Å². The molecule has 0 radical (unpaired) electrons. The van der Waals surface area contributed by atoms with Gasteiger partial charge in [-0.25, -0.2) is 8.78 Å². The zero-order valence-corrected chi connectivity index (χ0v) is 20.4. The molecule has 2 heterocycles. The van der Waals surface area contributed by atoms with E-state index >= 15 is 0 Å². The van der Waals surface area contributed by atoms with E-state index in [9.17, 15) is 23.5 Å². The number of nitrogens with one attached hydrogen (secondary N) is 1. The molecule has 2 fully saturated rings. The van der Waals surface area contributed by atoms with Gasteiger partial charge in [0.25, 0.3) is 5.91 Å². The van der Waals surface area contributed by atoms with Gasteiger partial charge in [-0.3, -0.25) is 9.59 Å².